The highest BCUT2D eigenvalue weighted by atomic mass is 15.0. The summed E-state index contributed by atoms with van der Waals surface area (Å²) in [5.41, 5.74) is 7.52. The molecule has 2 N–H and O–H groups in total. The zero-order chi connectivity index (χ0) is 10.7. The molecule has 0 aliphatic heterocycles. The van der Waals surface area contributed by atoms with Crippen molar-refractivity contribution in [3.8, 4) is 23.6 Å². The summed E-state index contributed by atoms with van der Waals surface area (Å²) in [7, 11) is 0. The second kappa shape index (κ2) is 3.84. The predicted octanol–water partition coefficient (Wildman–Crippen LogP) is 1.16. The van der Waals surface area contributed by atoms with Crippen LogP contribution in [0.5, 0.6) is 0 Å². The van der Waals surface area contributed by atoms with Gasteiger partial charge in [0.2, 0.25) is 0 Å². The number of anilines is 1. The van der Waals surface area contributed by atoms with Crippen LogP contribution in [-0.2, 0) is 6.54 Å². The second-order valence-corrected chi connectivity index (χ2v) is 3.08. The quantitative estimate of drug-likeness (QED) is 0.737. The van der Waals surface area contributed by atoms with E-state index in [1.165, 1.54) is 0 Å². The lowest BCUT2D eigenvalue weighted by molar-refractivity contribution is 0.848. The highest BCUT2D eigenvalue weighted by Gasteiger charge is 2.04. The summed E-state index contributed by atoms with van der Waals surface area (Å²) in [6, 6.07) is 3.67. The van der Waals surface area contributed by atoms with Crippen LogP contribution in [-0.4, -0.2) is 14.5 Å². The first-order valence-corrected chi connectivity index (χ1v) is 4.47. The zero-order valence-electron chi connectivity index (χ0n) is 8.09. The third-order valence-electron chi connectivity index (χ3n) is 2.05. The van der Waals surface area contributed by atoms with E-state index in [1.807, 2.05) is 10.6 Å². The number of hydrogen-bond acceptors (Lipinski definition) is 3. The maximum atomic E-state index is 5.61. The van der Waals surface area contributed by atoms with Gasteiger partial charge >= 0.3 is 0 Å². The van der Waals surface area contributed by atoms with Crippen LogP contribution < -0.4 is 5.73 Å². The molecule has 0 aromatic carbocycles. The number of pyridine rings is 1. The molecule has 0 saturated carbocycles. The molecule has 0 aliphatic carbocycles. The highest BCUT2D eigenvalue weighted by Crippen LogP contribution is 2.19. The molecule has 15 heavy (non-hydrogen) atoms. The number of nitrogens with two attached hydrogens (primary N) is 1. The molecule has 2 aromatic heterocycles. The number of nitrogen functional groups attached to an aromatic ring is 1. The van der Waals surface area contributed by atoms with Crippen molar-refractivity contribution in [2.75, 3.05) is 5.73 Å². The van der Waals surface area contributed by atoms with Gasteiger partial charge in [-0.15, -0.1) is 6.42 Å². The fourth-order valence-electron chi connectivity index (χ4n) is 1.39. The van der Waals surface area contributed by atoms with Crippen LogP contribution in [0.15, 0.2) is 30.9 Å². The number of aromatic nitrogens is 3. The third kappa shape index (κ3) is 1.81. The van der Waals surface area contributed by atoms with Crippen LogP contribution in [0.2, 0.25) is 0 Å². The first-order chi connectivity index (χ1) is 7.31. The molecule has 0 unspecified atom stereocenters. The normalized spacial score (nSPS) is 9.80. The minimum atomic E-state index is 0.487. The Bertz CT molecular complexity index is 507. The Morgan fingerprint density at radius 2 is 2.40 bits per heavy atom. The average molecular weight is 198 g/mol. The number of nitrogens with zero attached hydrogens (tertiary/aromatic N) is 3. The van der Waals surface area contributed by atoms with Crippen molar-refractivity contribution < 1.29 is 0 Å². The summed E-state index contributed by atoms with van der Waals surface area (Å²) in [6.07, 6.45) is 10.4. The first-order valence-electron chi connectivity index (χ1n) is 4.47. The third-order valence-corrected chi connectivity index (χ3v) is 2.05. The molecule has 0 aliphatic rings. The van der Waals surface area contributed by atoms with Gasteiger partial charge in [0.15, 0.2) is 0 Å². The maximum absolute atomic E-state index is 5.61. The summed E-state index contributed by atoms with van der Waals surface area (Å²) < 4.78 is 1.88. The van der Waals surface area contributed by atoms with Crippen molar-refractivity contribution in [3.05, 3.63) is 30.9 Å². The van der Waals surface area contributed by atoms with Crippen LogP contribution in [0.4, 0.5) is 5.82 Å². The summed E-state index contributed by atoms with van der Waals surface area (Å²) in [5.74, 6) is 3.06. The molecule has 4 heteroatoms. The standard InChI is InChI=1S/C11H10N4/c1-2-5-15-8-13-7-10(15)9-3-4-14-11(12)6-9/h1,3-4,6-8H,5H2,(H2,12,14). The summed E-state index contributed by atoms with van der Waals surface area (Å²) in [6.45, 7) is 0.498. The number of hydrogen-bond donors (Lipinski definition) is 1. The highest BCUT2D eigenvalue weighted by molar-refractivity contribution is 5.61. The molecule has 4 nitrogen and oxygen atoms in total. The summed E-state index contributed by atoms with van der Waals surface area (Å²) >= 11 is 0. The largest absolute Gasteiger partial charge is 0.384 e. The molecule has 0 saturated heterocycles. The summed E-state index contributed by atoms with van der Waals surface area (Å²) in [5, 5.41) is 0. The monoisotopic (exact) mass is 198 g/mol. The van der Waals surface area contributed by atoms with Gasteiger partial charge in [-0.2, -0.15) is 0 Å². The summed E-state index contributed by atoms with van der Waals surface area (Å²) in [4.78, 5) is 7.99. The zero-order valence-corrected chi connectivity index (χ0v) is 8.09. The Hall–Kier alpha value is -2.28. The van der Waals surface area contributed by atoms with Crippen molar-refractivity contribution >= 4 is 5.82 Å². The molecule has 0 radical (unpaired) electrons. The van der Waals surface area contributed by atoms with E-state index in [4.69, 9.17) is 12.2 Å². The van der Waals surface area contributed by atoms with Gasteiger partial charge in [-0.3, -0.25) is 0 Å². The van der Waals surface area contributed by atoms with Crippen molar-refractivity contribution in [2.45, 2.75) is 6.54 Å². The van der Waals surface area contributed by atoms with Crippen LogP contribution in [0.25, 0.3) is 11.3 Å². The van der Waals surface area contributed by atoms with E-state index in [0.29, 0.717) is 12.4 Å². The van der Waals surface area contributed by atoms with E-state index in [-0.39, 0.29) is 0 Å². The molecule has 0 fully saturated rings. The minimum Gasteiger partial charge on any atom is -0.384 e. The Kier molecular flexibility index (Phi) is 2.38. The van der Waals surface area contributed by atoms with Gasteiger partial charge in [-0.1, -0.05) is 5.92 Å². The van der Waals surface area contributed by atoms with E-state index in [9.17, 15) is 0 Å². The lowest BCUT2D eigenvalue weighted by Crippen LogP contribution is -1.97. The van der Waals surface area contributed by atoms with Crippen LogP contribution in [0.1, 0.15) is 0 Å². The van der Waals surface area contributed by atoms with Crippen molar-refractivity contribution in [3.63, 3.8) is 0 Å². The Balaban J connectivity index is 2.45. The Labute approximate surface area is 87.8 Å². The predicted molar refractivity (Wildman–Crippen MR) is 58.7 cm³/mol. The fourth-order valence-corrected chi connectivity index (χ4v) is 1.39. The van der Waals surface area contributed by atoms with Gasteiger partial charge in [0.25, 0.3) is 0 Å². The lowest BCUT2D eigenvalue weighted by Gasteiger charge is -2.04. The van der Waals surface area contributed by atoms with E-state index in [2.05, 4.69) is 15.9 Å². The lowest BCUT2D eigenvalue weighted by atomic mass is 10.2. The second-order valence-electron chi connectivity index (χ2n) is 3.08. The van der Waals surface area contributed by atoms with Crippen molar-refractivity contribution in [1.29, 1.82) is 0 Å². The molecule has 2 aromatic rings. The molecule has 0 spiro atoms. The number of imidazole rings is 1. The fraction of sp³-hybridized carbons (Fsp3) is 0.0909. The molecular formula is C11H10N4. The molecule has 2 rings (SSSR count). The average Bonchev–Trinajstić information content (AvgIpc) is 2.66. The van der Waals surface area contributed by atoms with Crippen molar-refractivity contribution in [2.24, 2.45) is 0 Å². The first kappa shape index (κ1) is 9.28. The smallest absolute Gasteiger partial charge is 0.123 e. The minimum absolute atomic E-state index is 0.487. The molecule has 2 heterocycles. The van der Waals surface area contributed by atoms with Crippen LogP contribution in [0, 0.1) is 12.3 Å². The topological polar surface area (TPSA) is 56.7 Å². The van der Waals surface area contributed by atoms with Gasteiger partial charge in [-0.05, 0) is 12.1 Å². The van der Waals surface area contributed by atoms with Gasteiger partial charge in [0.05, 0.1) is 24.8 Å². The van der Waals surface area contributed by atoms with Crippen LogP contribution >= 0.6 is 0 Å². The van der Waals surface area contributed by atoms with E-state index >= 15 is 0 Å². The molecular weight excluding hydrogens is 188 g/mol. The van der Waals surface area contributed by atoms with Gasteiger partial charge < -0.3 is 10.3 Å². The number of rotatable bonds is 2. The van der Waals surface area contributed by atoms with E-state index < -0.39 is 0 Å². The molecule has 0 atom stereocenters. The Morgan fingerprint density at radius 3 is 3.13 bits per heavy atom. The molecule has 0 bridgehead atoms. The maximum Gasteiger partial charge on any atom is 0.123 e. The van der Waals surface area contributed by atoms with Gasteiger partial charge in [0, 0.05) is 11.8 Å². The van der Waals surface area contributed by atoms with Gasteiger partial charge in [0.1, 0.15) is 5.82 Å². The van der Waals surface area contributed by atoms with Gasteiger partial charge in [-0.25, -0.2) is 9.97 Å². The Morgan fingerprint density at radius 1 is 1.53 bits per heavy atom. The molecule has 74 valence electrons. The van der Waals surface area contributed by atoms with E-state index in [1.54, 1.807) is 24.8 Å². The van der Waals surface area contributed by atoms with E-state index in [0.717, 1.165) is 11.3 Å². The number of terminal acetylenes is 1. The van der Waals surface area contributed by atoms with Crippen LogP contribution in [0.3, 0.4) is 0 Å². The molecule has 0 amide bonds. The van der Waals surface area contributed by atoms with Crippen molar-refractivity contribution in [1.82, 2.24) is 14.5 Å². The SMILES string of the molecule is C#CCn1cncc1-c1ccnc(N)c1.